The van der Waals surface area contributed by atoms with Crippen LogP contribution < -0.4 is 5.32 Å². The molecular weight excluding hydrogens is 214 g/mol. The first-order valence-corrected chi connectivity index (χ1v) is 5.82. The summed E-state index contributed by atoms with van der Waals surface area (Å²) in [5.74, 6) is 1.71. The molecule has 2 aromatic rings. The molecule has 17 heavy (non-hydrogen) atoms. The van der Waals surface area contributed by atoms with E-state index in [-0.39, 0.29) is 6.04 Å². The SMILES string of the molecule is CCCn1ccnc1C(NC)c1ncccn1. The van der Waals surface area contributed by atoms with E-state index in [1.54, 1.807) is 12.4 Å². The Morgan fingerprint density at radius 3 is 2.65 bits per heavy atom. The summed E-state index contributed by atoms with van der Waals surface area (Å²) in [6.07, 6.45) is 8.39. The molecule has 1 unspecified atom stereocenters. The van der Waals surface area contributed by atoms with Crippen molar-refractivity contribution < 1.29 is 0 Å². The quantitative estimate of drug-likeness (QED) is 0.845. The molecule has 0 saturated heterocycles. The molecule has 2 heterocycles. The second kappa shape index (κ2) is 5.54. The van der Waals surface area contributed by atoms with Crippen molar-refractivity contribution in [3.63, 3.8) is 0 Å². The van der Waals surface area contributed by atoms with Gasteiger partial charge in [-0.1, -0.05) is 6.92 Å². The van der Waals surface area contributed by atoms with E-state index in [9.17, 15) is 0 Å². The molecule has 0 aliphatic rings. The average molecular weight is 231 g/mol. The van der Waals surface area contributed by atoms with Gasteiger partial charge in [-0.2, -0.15) is 0 Å². The van der Waals surface area contributed by atoms with Crippen LogP contribution in [0.4, 0.5) is 0 Å². The molecule has 0 bridgehead atoms. The minimum absolute atomic E-state index is 0.0576. The van der Waals surface area contributed by atoms with Crippen LogP contribution in [0, 0.1) is 0 Å². The van der Waals surface area contributed by atoms with Crippen molar-refractivity contribution in [1.82, 2.24) is 24.8 Å². The molecule has 2 rings (SSSR count). The first-order chi connectivity index (χ1) is 8.36. The van der Waals surface area contributed by atoms with Crippen molar-refractivity contribution in [2.75, 3.05) is 7.05 Å². The lowest BCUT2D eigenvalue weighted by atomic mass is 10.2. The van der Waals surface area contributed by atoms with Gasteiger partial charge in [-0.25, -0.2) is 15.0 Å². The molecule has 0 spiro atoms. The molecular formula is C12H17N5. The van der Waals surface area contributed by atoms with Crippen LogP contribution in [0.3, 0.4) is 0 Å². The lowest BCUT2D eigenvalue weighted by Crippen LogP contribution is -2.24. The van der Waals surface area contributed by atoms with Crippen LogP contribution in [0.2, 0.25) is 0 Å². The molecule has 1 atom stereocenters. The predicted molar refractivity (Wildman–Crippen MR) is 65.5 cm³/mol. The zero-order chi connectivity index (χ0) is 12.1. The van der Waals surface area contributed by atoms with Crippen molar-refractivity contribution in [2.45, 2.75) is 25.9 Å². The van der Waals surface area contributed by atoms with E-state index in [4.69, 9.17) is 0 Å². The predicted octanol–water partition coefficient (Wildman–Crippen LogP) is 1.39. The highest BCUT2D eigenvalue weighted by Gasteiger charge is 2.19. The van der Waals surface area contributed by atoms with E-state index in [1.165, 1.54) is 0 Å². The summed E-state index contributed by atoms with van der Waals surface area (Å²) in [5, 5.41) is 3.21. The second-order valence-electron chi connectivity index (χ2n) is 3.81. The summed E-state index contributed by atoms with van der Waals surface area (Å²) < 4.78 is 2.14. The fourth-order valence-electron chi connectivity index (χ4n) is 1.84. The van der Waals surface area contributed by atoms with E-state index in [0.29, 0.717) is 0 Å². The number of imidazole rings is 1. The Balaban J connectivity index is 2.32. The summed E-state index contributed by atoms with van der Waals surface area (Å²) in [6, 6.07) is 1.76. The van der Waals surface area contributed by atoms with Crippen LogP contribution in [0.5, 0.6) is 0 Å². The largest absolute Gasteiger partial charge is 0.333 e. The van der Waals surface area contributed by atoms with Gasteiger partial charge in [0.15, 0.2) is 5.82 Å². The molecule has 2 aromatic heterocycles. The Kier molecular flexibility index (Phi) is 3.82. The third-order valence-corrected chi connectivity index (χ3v) is 2.60. The number of nitrogens with zero attached hydrogens (tertiary/aromatic N) is 4. The Bertz CT molecular complexity index is 451. The first-order valence-electron chi connectivity index (χ1n) is 5.82. The highest BCUT2D eigenvalue weighted by molar-refractivity contribution is 5.11. The van der Waals surface area contributed by atoms with Gasteiger partial charge in [0, 0.05) is 31.3 Å². The van der Waals surface area contributed by atoms with E-state index in [2.05, 4.69) is 31.8 Å². The van der Waals surface area contributed by atoms with Crippen LogP contribution in [-0.2, 0) is 6.54 Å². The van der Waals surface area contributed by atoms with Crippen LogP contribution in [-0.4, -0.2) is 26.6 Å². The van der Waals surface area contributed by atoms with Gasteiger partial charge in [-0.05, 0) is 19.5 Å². The van der Waals surface area contributed by atoms with E-state index >= 15 is 0 Å². The average Bonchev–Trinajstić information content (AvgIpc) is 2.81. The maximum Gasteiger partial charge on any atom is 0.152 e. The van der Waals surface area contributed by atoms with E-state index in [0.717, 1.165) is 24.6 Å². The summed E-state index contributed by atoms with van der Waals surface area (Å²) in [6.45, 7) is 3.11. The van der Waals surface area contributed by atoms with Gasteiger partial charge in [-0.3, -0.25) is 0 Å². The third kappa shape index (κ3) is 2.50. The molecule has 0 aromatic carbocycles. The summed E-state index contributed by atoms with van der Waals surface area (Å²) >= 11 is 0. The summed E-state index contributed by atoms with van der Waals surface area (Å²) in [7, 11) is 1.89. The van der Waals surface area contributed by atoms with Gasteiger partial charge in [0.2, 0.25) is 0 Å². The normalized spacial score (nSPS) is 12.6. The molecule has 0 radical (unpaired) electrons. The molecule has 0 fully saturated rings. The second-order valence-corrected chi connectivity index (χ2v) is 3.81. The van der Waals surface area contributed by atoms with Crippen LogP contribution in [0.15, 0.2) is 30.9 Å². The van der Waals surface area contributed by atoms with Crippen molar-refractivity contribution in [1.29, 1.82) is 0 Å². The molecule has 0 amide bonds. The van der Waals surface area contributed by atoms with Crippen molar-refractivity contribution >= 4 is 0 Å². The standard InChI is InChI=1S/C12H17N5/c1-3-8-17-9-7-16-12(17)10(13-2)11-14-5-4-6-15-11/h4-7,9-10,13H,3,8H2,1-2H3. The summed E-state index contributed by atoms with van der Waals surface area (Å²) in [5.41, 5.74) is 0. The van der Waals surface area contributed by atoms with Crippen molar-refractivity contribution in [3.05, 3.63) is 42.5 Å². The van der Waals surface area contributed by atoms with Gasteiger partial charge in [0.25, 0.3) is 0 Å². The first kappa shape index (κ1) is 11.7. The van der Waals surface area contributed by atoms with Gasteiger partial charge in [0.1, 0.15) is 11.9 Å². The van der Waals surface area contributed by atoms with Gasteiger partial charge >= 0.3 is 0 Å². The lowest BCUT2D eigenvalue weighted by molar-refractivity contribution is 0.548. The van der Waals surface area contributed by atoms with Crippen molar-refractivity contribution in [3.8, 4) is 0 Å². The highest BCUT2D eigenvalue weighted by Crippen LogP contribution is 2.16. The third-order valence-electron chi connectivity index (χ3n) is 2.60. The highest BCUT2D eigenvalue weighted by atomic mass is 15.1. The molecule has 5 nitrogen and oxygen atoms in total. The number of hydrogen-bond acceptors (Lipinski definition) is 4. The Hall–Kier alpha value is -1.75. The number of nitrogens with one attached hydrogen (secondary N) is 1. The summed E-state index contributed by atoms with van der Waals surface area (Å²) in [4.78, 5) is 13.0. The number of aryl methyl sites for hydroxylation is 1. The maximum atomic E-state index is 4.40. The Morgan fingerprint density at radius 2 is 2.00 bits per heavy atom. The zero-order valence-electron chi connectivity index (χ0n) is 10.2. The molecule has 1 N–H and O–H groups in total. The molecule has 0 aliphatic heterocycles. The lowest BCUT2D eigenvalue weighted by Gasteiger charge is -2.15. The number of hydrogen-bond donors (Lipinski definition) is 1. The topological polar surface area (TPSA) is 55.6 Å². The minimum atomic E-state index is -0.0576. The fourth-order valence-corrected chi connectivity index (χ4v) is 1.84. The molecule has 5 heteroatoms. The monoisotopic (exact) mass is 231 g/mol. The van der Waals surface area contributed by atoms with Gasteiger partial charge in [0.05, 0.1) is 0 Å². The maximum absolute atomic E-state index is 4.40. The van der Waals surface area contributed by atoms with E-state index < -0.39 is 0 Å². The van der Waals surface area contributed by atoms with E-state index in [1.807, 2.05) is 25.5 Å². The Morgan fingerprint density at radius 1 is 1.24 bits per heavy atom. The number of rotatable bonds is 5. The minimum Gasteiger partial charge on any atom is -0.333 e. The van der Waals surface area contributed by atoms with Crippen LogP contribution in [0.25, 0.3) is 0 Å². The molecule has 0 saturated carbocycles. The van der Waals surface area contributed by atoms with Crippen molar-refractivity contribution in [2.24, 2.45) is 0 Å². The van der Waals surface area contributed by atoms with Crippen LogP contribution >= 0.6 is 0 Å². The molecule has 90 valence electrons. The zero-order valence-corrected chi connectivity index (χ0v) is 10.2. The van der Waals surface area contributed by atoms with Crippen LogP contribution in [0.1, 0.15) is 31.0 Å². The van der Waals surface area contributed by atoms with Gasteiger partial charge in [-0.15, -0.1) is 0 Å². The smallest absolute Gasteiger partial charge is 0.152 e. The fraction of sp³-hybridized carbons (Fsp3) is 0.417. The number of aromatic nitrogens is 4. The Labute approximate surface area is 101 Å². The molecule has 0 aliphatic carbocycles. The van der Waals surface area contributed by atoms with Gasteiger partial charge < -0.3 is 9.88 Å².